The Hall–Kier alpha value is -4.20. The van der Waals surface area contributed by atoms with E-state index >= 15 is 0 Å². The van der Waals surface area contributed by atoms with E-state index in [2.05, 4.69) is 15.3 Å². The van der Waals surface area contributed by atoms with Crippen molar-refractivity contribution in [3.63, 3.8) is 0 Å². The summed E-state index contributed by atoms with van der Waals surface area (Å²) < 4.78 is 24.1. The molecule has 0 aliphatic rings. The molecular formula is C25H23FN6O. The number of halogens is 1. The zero-order valence-electron chi connectivity index (χ0n) is 18.8. The quantitative estimate of drug-likeness (QED) is 0.398. The molecule has 5 rings (SSSR count). The van der Waals surface area contributed by atoms with Crippen LogP contribution in [0.25, 0.3) is 28.1 Å². The van der Waals surface area contributed by atoms with E-state index in [4.69, 9.17) is 9.72 Å². The number of hydrogen-bond acceptors (Lipinski definition) is 5. The number of fused-ring (bicyclic) bond motifs is 1. The lowest BCUT2D eigenvalue weighted by atomic mass is 10.2. The van der Waals surface area contributed by atoms with Crippen LogP contribution in [-0.4, -0.2) is 31.2 Å². The Labute approximate surface area is 190 Å². The number of benzene rings is 2. The maximum Gasteiger partial charge on any atom is 0.158 e. The molecule has 7 nitrogen and oxygen atoms in total. The predicted octanol–water partition coefficient (Wildman–Crippen LogP) is 5.33. The van der Waals surface area contributed by atoms with E-state index in [9.17, 15) is 4.39 Å². The van der Waals surface area contributed by atoms with E-state index in [0.29, 0.717) is 22.7 Å². The molecule has 1 N–H and O–H groups in total. The molecule has 33 heavy (non-hydrogen) atoms. The zero-order valence-corrected chi connectivity index (χ0v) is 18.8. The van der Waals surface area contributed by atoms with Gasteiger partial charge in [0.2, 0.25) is 0 Å². The summed E-state index contributed by atoms with van der Waals surface area (Å²) in [5, 5.41) is 3.25. The average molecular weight is 442 g/mol. The average Bonchev–Trinajstić information content (AvgIpc) is 3.37. The zero-order chi connectivity index (χ0) is 23.1. The second kappa shape index (κ2) is 8.05. The second-order valence-corrected chi connectivity index (χ2v) is 7.89. The normalized spacial score (nSPS) is 11.2. The van der Waals surface area contributed by atoms with Crippen LogP contribution in [0, 0.1) is 19.7 Å². The van der Waals surface area contributed by atoms with Crippen LogP contribution in [0.1, 0.15) is 11.4 Å². The Balaban J connectivity index is 1.57. The molecule has 5 aromatic rings. The highest BCUT2D eigenvalue weighted by molar-refractivity contribution is 5.91. The molecule has 0 fully saturated rings. The van der Waals surface area contributed by atoms with E-state index < -0.39 is 0 Å². The number of para-hydroxylation sites is 1. The van der Waals surface area contributed by atoms with Crippen molar-refractivity contribution >= 4 is 22.5 Å². The van der Waals surface area contributed by atoms with Crippen LogP contribution in [0.4, 0.5) is 15.9 Å². The van der Waals surface area contributed by atoms with Gasteiger partial charge in [0.05, 0.1) is 35.9 Å². The number of aromatic nitrogens is 5. The minimum Gasteiger partial charge on any atom is -0.496 e. The number of methoxy groups -OCH3 is 1. The molecule has 3 heterocycles. The minimum atomic E-state index is -0.364. The topological polar surface area (TPSA) is 69.8 Å². The van der Waals surface area contributed by atoms with Gasteiger partial charge in [-0.3, -0.25) is 0 Å². The van der Waals surface area contributed by atoms with Crippen molar-refractivity contribution in [1.29, 1.82) is 0 Å². The summed E-state index contributed by atoms with van der Waals surface area (Å²) in [7, 11) is 3.60. The largest absolute Gasteiger partial charge is 0.496 e. The lowest BCUT2D eigenvalue weighted by molar-refractivity contribution is 0.416. The minimum absolute atomic E-state index is 0.364. The van der Waals surface area contributed by atoms with Crippen LogP contribution in [0.15, 0.2) is 61.1 Å². The molecule has 0 aliphatic carbocycles. The number of hydrogen-bond donors (Lipinski definition) is 1. The first-order chi connectivity index (χ1) is 15.9. The molecule has 0 saturated heterocycles. The van der Waals surface area contributed by atoms with Gasteiger partial charge in [0.1, 0.15) is 22.9 Å². The Kier molecular flexibility index (Phi) is 5.05. The monoisotopic (exact) mass is 442 g/mol. The molecule has 0 radical (unpaired) electrons. The second-order valence-electron chi connectivity index (χ2n) is 7.89. The number of anilines is 2. The molecule has 0 unspecified atom stereocenters. The van der Waals surface area contributed by atoms with Gasteiger partial charge >= 0.3 is 0 Å². The summed E-state index contributed by atoms with van der Waals surface area (Å²) in [6.45, 7) is 3.79. The van der Waals surface area contributed by atoms with Crippen molar-refractivity contribution in [3.05, 3.63) is 78.3 Å². The molecule has 0 saturated carbocycles. The van der Waals surface area contributed by atoms with Crippen LogP contribution in [0.2, 0.25) is 0 Å². The molecule has 0 spiro atoms. The number of nitrogens with zero attached hydrogens (tertiary/aromatic N) is 5. The number of ether oxygens (including phenoxy) is 1. The van der Waals surface area contributed by atoms with Gasteiger partial charge in [0.25, 0.3) is 0 Å². The third-order valence-corrected chi connectivity index (χ3v) is 5.55. The first kappa shape index (κ1) is 20.7. The number of pyridine rings is 1. The standard InChI is InChI=1S/C25H23FN6O/c1-15-11-21-23(30-25(31(21)3)18-7-5-6-8-22(18)33-4)24(28-15)29-17-9-10-20(19(26)12-17)32-13-16(2)27-14-32/h5-14H,1-4H3,(H,28,29). The smallest absolute Gasteiger partial charge is 0.158 e. The van der Waals surface area contributed by atoms with Gasteiger partial charge < -0.3 is 19.2 Å². The highest BCUT2D eigenvalue weighted by Gasteiger charge is 2.18. The molecule has 0 aliphatic heterocycles. The maximum absolute atomic E-state index is 14.9. The molecule has 0 amide bonds. The summed E-state index contributed by atoms with van der Waals surface area (Å²) in [5.41, 5.74) is 5.15. The molecule has 3 aromatic heterocycles. The van der Waals surface area contributed by atoms with Crippen molar-refractivity contribution in [2.24, 2.45) is 7.05 Å². The van der Waals surface area contributed by atoms with Crippen molar-refractivity contribution in [2.45, 2.75) is 13.8 Å². The Morgan fingerprint density at radius 2 is 1.82 bits per heavy atom. The number of imidazole rings is 2. The predicted molar refractivity (Wildman–Crippen MR) is 127 cm³/mol. The summed E-state index contributed by atoms with van der Waals surface area (Å²) in [6, 6.07) is 14.7. The van der Waals surface area contributed by atoms with Gasteiger partial charge in [-0.1, -0.05) is 12.1 Å². The highest BCUT2D eigenvalue weighted by atomic mass is 19.1. The lowest BCUT2D eigenvalue weighted by Crippen LogP contribution is -2.00. The van der Waals surface area contributed by atoms with Crippen LogP contribution in [0.5, 0.6) is 5.75 Å². The molecule has 0 bridgehead atoms. The summed E-state index contributed by atoms with van der Waals surface area (Å²) in [4.78, 5) is 13.7. The number of nitrogens with one attached hydrogen (secondary N) is 1. The molecule has 2 aromatic carbocycles. The Bertz CT molecular complexity index is 1490. The number of rotatable bonds is 5. The summed E-state index contributed by atoms with van der Waals surface area (Å²) in [5.74, 6) is 1.70. The van der Waals surface area contributed by atoms with Crippen molar-refractivity contribution < 1.29 is 9.13 Å². The van der Waals surface area contributed by atoms with E-state index in [0.717, 1.165) is 34.0 Å². The molecular weight excluding hydrogens is 419 g/mol. The third kappa shape index (κ3) is 3.69. The lowest BCUT2D eigenvalue weighted by Gasteiger charge is -2.10. The van der Waals surface area contributed by atoms with Crippen molar-refractivity contribution in [3.8, 4) is 22.8 Å². The molecule has 0 atom stereocenters. The summed E-state index contributed by atoms with van der Waals surface area (Å²) in [6.07, 6.45) is 3.38. The van der Waals surface area contributed by atoms with Gasteiger partial charge in [-0.05, 0) is 50.2 Å². The van der Waals surface area contributed by atoms with Gasteiger partial charge in [0.15, 0.2) is 5.82 Å². The SMILES string of the molecule is COc1ccccc1-c1nc2c(Nc3ccc(-n4cnc(C)c4)c(F)c3)nc(C)cc2n1C. The first-order valence-electron chi connectivity index (χ1n) is 10.5. The molecule has 8 heteroatoms. The van der Waals surface area contributed by atoms with Crippen LogP contribution in [-0.2, 0) is 7.05 Å². The Morgan fingerprint density at radius 3 is 2.55 bits per heavy atom. The first-order valence-corrected chi connectivity index (χ1v) is 10.5. The van der Waals surface area contributed by atoms with Crippen LogP contribution < -0.4 is 10.1 Å². The fourth-order valence-corrected chi connectivity index (χ4v) is 3.95. The van der Waals surface area contributed by atoms with Crippen molar-refractivity contribution in [2.75, 3.05) is 12.4 Å². The van der Waals surface area contributed by atoms with Gasteiger partial charge in [-0.2, -0.15) is 0 Å². The third-order valence-electron chi connectivity index (χ3n) is 5.55. The Morgan fingerprint density at radius 1 is 1.00 bits per heavy atom. The fourth-order valence-electron chi connectivity index (χ4n) is 3.95. The van der Waals surface area contributed by atoms with E-state index in [1.54, 1.807) is 30.3 Å². The molecule has 166 valence electrons. The summed E-state index contributed by atoms with van der Waals surface area (Å²) >= 11 is 0. The highest BCUT2D eigenvalue weighted by Crippen LogP contribution is 2.34. The van der Waals surface area contributed by atoms with Crippen LogP contribution >= 0.6 is 0 Å². The van der Waals surface area contributed by atoms with Crippen molar-refractivity contribution in [1.82, 2.24) is 24.1 Å². The van der Waals surface area contributed by atoms with Gasteiger partial charge in [-0.15, -0.1) is 0 Å². The maximum atomic E-state index is 14.9. The van der Waals surface area contributed by atoms with Crippen LogP contribution in [0.3, 0.4) is 0 Å². The van der Waals surface area contributed by atoms with E-state index in [-0.39, 0.29) is 5.82 Å². The van der Waals surface area contributed by atoms with Gasteiger partial charge in [0, 0.05) is 24.6 Å². The van der Waals surface area contributed by atoms with E-state index in [1.807, 2.05) is 61.9 Å². The van der Waals surface area contributed by atoms with E-state index in [1.165, 1.54) is 6.07 Å². The number of aryl methyl sites for hydroxylation is 3. The van der Waals surface area contributed by atoms with Gasteiger partial charge in [-0.25, -0.2) is 19.3 Å². The fraction of sp³-hybridized carbons (Fsp3) is 0.160.